The summed E-state index contributed by atoms with van der Waals surface area (Å²) in [4.78, 5) is 13.8. The number of hydrogen-bond acceptors (Lipinski definition) is 5. The third-order valence-corrected chi connectivity index (χ3v) is 3.04. The molecule has 21 heavy (non-hydrogen) atoms. The number of phenols is 2. The third kappa shape index (κ3) is 2.90. The van der Waals surface area contributed by atoms with Crippen LogP contribution in [0.25, 0.3) is 0 Å². The number of phenolic OH excluding ortho intramolecular Hbond substituents is 2. The fourth-order valence-electron chi connectivity index (χ4n) is 2.01. The van der Waals surface area contributed by atoms with Crippen LogP contribution in [-0.4, -0.2) is 34.4 Å². The molecular weight excluding hydrogens is 272 g/mol. The van der Waals surface area contributed by atoms with Crippen LogP contribution in [0.5, 0.6) is 11.5 Å². The Labute approximate surface area is 121 Å². The van der Waals surface area contributed by atoms with Crippen molar-refractivity contribution in [2.45, 2.75) is 0 Å². The van der Waals surface area contributed by atoms with Gasteiger partial charge >= 0.3 is 0 Å². The van der Waals surface area contributed by atoms with E-state index in [4.69, 9.17) is 10.8 Å². The minimum absolute atomic E-state index is 0.0160. The molecule has 0 atom stereocenters. The molecular formula is C15H16N2O4. The molecule has 0 unspecified atom stereocenters. The number of amides is 1. The van der Waals surface area contributed by atoms with Gasteiger partial charge in [-0.2, -0.15) is 0 Å². The van der Waals surface area contributed by atoms with Gasteiger partial charge in [0.1, 0.15) is 0 Å². The van der Waals surface area contributed by atoms with Crippen LogP contribution >= 0.6 is 0 Å². The molecule has 0 heterocycles. The van der Waals surface area contributed by atoms with Crippen molar-refractivity contribution in [2.75, 3.05) is 23.8 Å². The second kappa shape index (κ2) is 6.15. The highest BCUT2D eigenvalue weighted by molar-refractivity contribution is 6.09. The number of para-hydroxylation sites is 3. The van der Waals surface area contributed by atoms with Crippen molar-refractivity contribution in [1.29, 1.82) is 0 Å². The molecule has 0 radical (unpaired) electrons. The Hall–Kier alpha value is -2.73. The first kappa shape index (κ1) is 14.7. The standard InChI is InChI=1S/C15H16N2O4/c16-11-5-1-2-6-12(11)17(8-9-18)15(21)10-4-3-7-13(19)14(10)20/h1-7,18-20H,8-9,16H2. The molecule has 0 aliphatic carbocycles. The number of carbonyl (C=O) groups is 1. The zero-order valence-corrected chi connectivity index (χ0v) is 11.2. The number of hydrogen-bond donors (Lipinski definition) is 4. The first-order chi connectivity index (χ1) is 10.1. The molecule has 2 aromatic rings. The number of nitrogens with two attached hydrogens (primary N) is 1. The smallest absolute Gasteiger partial charge is 0.262 e. The van der Waals surface area contributed by atoms with Crippen LogP contribution in [0.15, 0.2) is 42.5 Å². The van der Waals surface area contributed by atoms with Gasteiger partial charge < -0.3 is 26.0 Å². The molecule has 0 saturated carbocycles. The number of benzene rings is 2. The van der Waals surface area contributed by atoms with Crippen LogP contribution in [-0.2, 0) is 0 Å². The van der Waals surface area contributed by atoms with E-state index in [1.807, 2.05) is 0 Å². The van der Waals surface area contributed by atoms with Crippen LogP contribution < -0.4 is 10.6 Å². The van der Waals surface area contributed by atoms with Gasteiger partial charge in [-0.1, -0.05) is 18.2 Å². The first-order valence-corrected chi connectivity index (χ1v) is 6.34. The second-order valence-electron chi connectivity index (χ2n) is 4.41. The van der Waals surface area contributed by atoms with Crippen LogP contribution in [0.3, 0.4) is 0 Å². The number of carbonyl (C=O) groups excluding carboxylic acids is 1. The van der Waals surface area contributed by atoms with Crippen molar-refractivity contribution in [3.63, 3.8) is 0 Å². The Balaban J connectivity index is 2.46. The minimum Gasteiger partial charge on any atom is -0.504 e. The fourth-order valence-corrected chi connectivity index (χ4v) is 2.01. The van der Waals surface area contributed by atoms with E-state index < -0.39 is 11.7 Å². The predicted octanol–water partition coefficient (Wildman–Crippen LogP) is 1.32. The predicted molar refractivity (Wildman–Crippen MR) is 79.4 cm³/mol. The number of aromatic hydroxyl groups is 2. The van der Waals surface area contributed by atoms with Gasteiger partial charge in [-0.3, -0.25) is 4.79 Å². The molecule has 0 aromatic heterocycles. The summed E-state index contributed by atoms with van der Waals surface area (Å²) < 4.78 is 0. The van der Waals surface area contributed by atoms with E-state index >= 15 is 0 Å². The summed E-state index contributed by atoms with van der Waals surface area (Å²) in [6.45, 7) is -0.248. The zero-order chi connectivity index (χ0) is 15.4. The van der Waals surface area contributed by atoms with Crippen LogP contribution in [0.1, 0.15) is 10.4 Å². The topological polar surface area (TPSA) is 107 Å². The maximum absolute atomic E-state index is 12.5. The van der Waals surface area contributed by atoms with Crippen molar-refractivity contribution in [2.24, 2.45) is 0 Å². The van der Waals surface area contributed by atoms with Gasteiger partial charge in [0.2, 0.25) is 0 Å². The molecule has 0 saturated heterocycles. The Kier molecular flexibility index (Phi) is 4.30. The third-order valence-electron chi connectivity index (χ3n) is 3.04. The van der Waals surface area contributed by atoms with Crippen molar-refractivity contribution >= 4 is 17.3 Å². The summed E-state index contributed by atoms with van der Waals surface area (Å²) in [7, 11) is 0. The quantitative estimate of drug-likeness (QED) is 0.501. The Bertz CT molecular complexity index is 658. The minimum atomic E-state index is -0.560. The van der Waals surface area contributed by atoms with Crippen LogP contribution in [0.2, 0.25) is 0 Å². The molecule has 0 aliphatic rings. The number of nitrogens with zero attached hydrogens (tertiary/aromatic N) is 1. The molecule has 0 bridgehead atoms. The van der Waals surface area contributed by atoms with E-state index in [-0.39, 0.29) is 24.5 Å². The maximum atomic E-state index is 12.5. The Morgan fingerprint density at radius 3 is 2.48 bits per heavy atom. The molecule has 6 heteroatoms. The summed E-state index contributed by atoms with van der Waals surface area (Å²) >= 11 is 0. The van der Waals surface area contributed by atoms with Crippen molar-refractivity contribution < 1.29 is 20.1 Å². The monoisotopic (exact) mass is 288 g/mol. The molecule has 0 aliphatic heterocycles. The zero-order valence-electron chi connectivity index (χ0n) is 11.2. The average molecular weight is 288 g/mol. The lowest BCUT2D eigenvalue weighted by Gasteiger charge is -2.23. The first-order valence-electron chi connectivity index (χ1n) is 6.34. The van der Waals surface area contributed by atoms with Crippen LogP contribution in [0, 0.1) is 0 Å². The molecule has 0 spiro atoms. The SMILES string of the molecule is Nc1ccccc1N(CCO)C(=O)c1cccc(O)c1O. The van der Waals surface area contributed by atoms with Gasteiger partial charge in [0.05, 0.1) is 23.5 Å². The normalized spacial score (nSPS) is 10.3. The van der Waals surface area contributed by atoms with E-state index in [2.05, 4.69) is 0 Å². The maximum Gasteiger partial charge on any atom is 0.262 e. The van der Waals surface area contributed by atoms with E-state index in [1.54, 1.807) is 24.3 Å². The second-order valence-corrected chi connectivity index (χ2v) is 4.41. The van der Waals surface area contributed by atoms with Gasteiger partial charge in [-0.05, 0) is 24.3 Å². The molecule has 2 rings (SSSR count). The Morgan fingerprint density at radius 2 is 1.81 bits per heavy atom. The molecule has 1 amide bonds. The molecule has 6 nitrogen and oxygen atoms in total. The summed E-state index contributed by atoms with van der Waals surface area (Å²) in [6, 6.07) is 10.8. The summed E-state index contributed by atoms with van der Waals surface area (Å²) in [5.74, 6) is -1.44. The van der Waals surface area contributed by atoms with E-state index in [0.717, 1.165) is 0 Å². The lowest BCUT2D eigenvalue weighted by atomic mass is 10.1. The molecule has 5 N–H and O–H groups in total. The summed E-state index contributed by atoms with van der Waals surface area (Å²) in [5.41, 5.74) is 6.59. The number of aliphatic hydroxyl groups excluding tert-OH is 1. The highest BCUT2D eigenvalue weighted by Gasteiger charge is 2.22. The van der Waals surface area contributed by atoms with Gasteiger partial charge in [0.25, 0.3) is 5.91 Å². The Morgan fingerprint density at radius 1 is 1.10 bits per heavy atom. The van der Waals surface area contributed by atoms with Crippen molar-refractivity contribution in [3.05, 3.63) is 48.0 Å². The van der Waals surface area contributed by atoms with Crippen molar-refractivity contribution in [3.8, 4) is 11.5 Å². The van der Waals surface area contributed by atoms with E-state index in [0.29, 0.717) is 11.4 Å². The molecule has 2 aromatic carbocycles. The number of rotatable bonds is 4. The average Bonchev–Trinajstić information content (AvgIpc) is 2.48. The number of anilines is 2. The largest absolute Gasteiger partial charge is 0.504 e. The van der Waals surface area contributed by atoms with E-state index in [9.17, 15) is 15.0 Å². The van der Waals surface area contributed by atoms with E-state index in [1.165, 1.54) is 23.1 Å². The highest BCUT2D eigenvalue weighted by Crippen LogP contribution is 2.31. The van der Waals surface area contributed by atoms with Gasteiger partial charge in [0.15, 0.2) is 11.5 Å². The summed E-state index contributed by atoms with van der Waals surface area (Å²) in [6.07, 6.45) is 0. The number of nitrogen functional groups attached to an aromatic ring is 1. The van der Waals surface area contributed by atoms with Crippen molar-refractivity contribution in [1.82, 2.24) is 0 Å². The number of aliphatic hydroxyl groups is 1. The highest BCUT2D eigenvalue weighted by atomic mass is 16.3. The lowest BCUT2D eigenvalue weighted by Crippen LogP contribution is -2.34. The fraction of sp³-hybridized carbons (Fsp3) is 0.133. The molecule has 0 fully saturated rings. The van der Waals surface area contributed by atoms with Gasteiger partial charge in [0, 0.05) is 6.54 Å². The molecule has 110 valence electrons. The van der Waals surface area contributed by atoms with Crippen LogP contribution in [0.4, 0.5) is 11.4 Å². The van der Waals surface area contributed by atoms with Gasteiger partial charge in [-0.15, -0.1) is 0 Å². The lowest BCUT2D eigenvalue weighted by molar-refractivity contribution is 0.0978. The summed E-state index contributed by atoms with van der Waals surface area (Å²) in [5, 5.41) is 28.5. The van der Waals surface area contributed by atoms with Gasteiger partial charge in [-0.25, -0.2) is 0 Å².